The van der Waals surface area contributed by atoms with E-state index < -0.39 is 23.5 Å². The summed E-state index contributed by atoms with van der Waals surface area (Å²) >= 11 is 0. The van der Waals surface area contributed by atoms with Crippen LogP contribution in [0.25, 0.3) is 0 Å². The third-order valence-corrected chi connectivity index (χ3v) is 1.63. The van der Waals surface area contributed by atoms with Crippen LogP contribution in [0.2, 0.25) is 0 Å². The molecule has 1 nitrogen and oxygen atoms in total. The molecule has 0 heterocycles. The highest BCUT2D eigenvalue weighted by molar-refractivity contribution is 5.62. The van der Waals surface area contributed by atoms with Crippen LogP contribution in [0.3, 0.4) is 0 Å². The summed E-state index contributed by atoms with van der Waals surface area (Å²) < 4.78 is 49.2. The summed E-state index contributed by atoms with van der Waals surface area (Å²) in [6.45, 7) is 0. The van der Waals surface area contributed by atoms with Crippen molar-refractivity contribution in [3.8, 4) is 0 Å². The van der Waals surface area contributed by atoms with E-state index in [1.165, 1.54) is 0 Å². The first-order valence-electron chi connectivity index (χ1n) is 3.73. The van der Waals surface area contributed by atoms with E-state index in [1.807, 2.05) is 0 Å². The zero-order valence-electron chi connectivity index (χ0n) is 6.88. The Morgan fingerprint density at radius 3 is 2.36 bits per heavy atom. The predicted octanol–water partition coefficient (Wildman–Crippen LogP) is 2.71. The van der Waals surface area contributed by atoms with Crippen LogP contribution in [-0.2, 0) is 4.79 Å². The summed E-state index contributed by atoms with van der Waals surface area (Å²) in [4.78, 5) is 10.3. The summed E-state index contributed by atoms with van der Waals surface area (Å²) in [5, 5.41) is 0. The van der Waals surface area contributed by atoms with Crippen LogP contribution in [0.1, 0.15) is 0 Å². The molecule has 0 fully saturated rings. The van der Waals surface area contributed by atoms with Crippen LogP contribution in [-0.4, -0.2) is 12.5 Å². The Morgan fingerprint density at radius 2 is 1.86 bits per heavy atom. The minimum atomic E-state index is -4.56. The molecule has 14 heavy (non-hydrogen) atoms. The van der Waals surface area contributed by atoms with E-state index in [0.717, 1.165) is 6.08 Å². The molecular weight excluding hydrogens is 200 g/mol. The molecule has 1 unspecified atom stereocenters. The number of aldehydes is 1. The summed E-state index contributed by atoms with van der Waals surface area (Å²) in [5.41, 5.74) is -1.02. The topological polar surface area (TPSA) is 17.1 Å². The van der Waals surface area contributed by atoms with Gasteiger partial charge in [-0.25, -0.2) is 4.39 Å². The van der Waals surface area contributed by atoms with Crippen LogP contribution < -0.4 is 0 Å². The van der Waals surface area contributed by atoms with Crippen molar-refractivity contribution in [3.05, 3.63) is 35.7 Å². The van der Waals surface area contributed by atoms with Gasteiger partial charge in [0.2, 0.25) is 0 Å². The molecule has 0 aromatic heterocycles. The molecule has 0 aromatic carbocycles. The Bertz CT molecular complexity index is 322. The number of halogens is 4. The molecule has 5 heteroatoms. The summed E-state index contributed by atoms with van der Waals surface area (Å²) in [5.74, 6) is -2.01. The zero-order chi connectivity index (χ0) is 10.8. The monoisotopic (exact) mass is 206 g/mol. The van der Waals surface area contributed by atoms with Gasteiger partial charge in [-0.15, -0.1) is 0 Å². The fourth-order valence-corrected chi connectivity index (χ4v) is 0.987. The first kappa shape index (κ1) is 10.7. The van der Waals surface area contributed by atoms with E-state index in [9.17, 15) is 22.4 Å². The SMILES string of the molecule is O=CC1C=C(F)C=CC(C(F)(F)F)=C1. The van der Waals surface area contributed by atoms with Gasteiger partial charge in [0.15, 0.2) is 0 Å². The average molecular weight is 206 g/mol. The van der Waals surface area contributed by atoms with Gasteiger partial charge in [0.25, 0.3) is 0 Å². The number of allylic oxidation sites excluding steroid dienone is 6. The molecule has 0 amide bonds. The van der Waals surface area contributed by atoms with Crippen molar-refractivity contribution in [1.82, 2.24) is 0 Å². The molecule has 1 aliphatic rings. The molecule has 1 aliphatic carbocycles. The van der Waals surface area contributed by atoms with Crippen molar-refractivity contribution in [1.29, 1.82) is 0 Å². The zero-order valence-corrected chi connectivity index (χ0v) is 6.88. The number of carbonyl (C=O) groups is 1. The lowest BCUT2D eigenvalue weighted by molar-refractivity contribution is -0.109. The smallest absolute Gasteiger partial charge is 0.302 e. The Hall–Kier alpha value is -1.39. The van der Waals surface area contributed by atoms with Crippen LogP contribution in [0, 0.1) is 5.92 Å². The Balaban J connectivity index is 3.05. The van der Waals surface area contributed by atoms with Gasteiger partial charge in [0.05, 0.1) is 11.5 Å². The molecule has 76 valence electrons. The van der Waals surface area contributed by atoms with Gasteiger partial charge in [-0.1, -0.05) is 6.08 Å². The second kappa shape index (κ2) is 3.77. The fraction of sp³-hybridized carbons (Fsp3) is 0.222. The molecule has 0 radical (unpaired) electrons. The minimum absolute atomic E-state index is 0.248. The Kier molecular flexibility index (Phi) is 2.88. The maximum atomic E-state index is 12.7. The van der Waals surface area contributed by atoms with Gasteiger partial charge in [0, 0.05) is 0 Å². The number of carbonyl (C=O) groups excluding carboxylic acids is 1. The van der Waals surface area contributed by atoms with Gasteiger partial charge < -0.3 is 4.79 Å². The fourth-order valence-electron chi connectivity index (χ4n) is 0.987. The molecule has 0 saturated carbocycles. The van der Waals surface area contributed by atoms with Crippen molar-refractivity contribution in [2.24, 2.45) is 5.92 Å². The van der Waals surface area contributed by atoms with E-state index in [-0.39, 0.29) is 6.29 Å². The minimum Gasteiger partial charge on any atom is -0.302 e. The molecule has 0 aromatic rings. The van der Waals surface area contributed by atoms with E-state index in [0.29, 0.717) is 18.2 Å². The van der Waals surface area contributed by atoms with Crippen molar-refractivity contribution in [2.75, 3.05) is 0 Å². The number of hydrogen-bond donors (Lipinski definition) is 0. The average Bonchev–Trinajstić information content (AvgIpc) is 2.25. The third kappa shape index (κ3) is 2.55. The van der Waals surface area contributed by atoms with E-state index >= 15 is 0 Å². The highest BCUT2D eigenvalue weighted by Crippen LogP contribution is 2.29. The van der Waals surface area contributed by atoms with E-state index in [2.05, 4.69) is 0 Å². The summed E-state index contributed by atoms with van der Waals surface area (Å²) in [6.07, 6.45) is -1.52. The third-order valence-electron chi connectivity index (χ3n) is 1.63. The largest absolute Gasteiger partial charge is 0.416 e. The maximum absolute atomic E-state index is 12.7. The van der Waals surface area contributed by atoms with Crippen LogP contribution in [0.5, 0.6) is 0 Å². The second-order valence-corrected chi connectivity index (χ2v) is 2.72. The quantitative estimate of drug-likeness (QED) is 0.476. The lowest BCUT2D eigenvalue weighted by atomic mass is 10.1. The number of hydrogen-bond acceptors (Lipinski definition) is 1. The summed E-state index contributed by atoms with van der Waals surface area (Å²) in [6, 6.07) is 0. The van der Waals surface area contributed by atoms with E-state index in [4.69, 9.17) is 0 Å². The predicted molar refractivity (Wildman–Crippen MR) is 42.0 cm³/mol. The van der Waals surface area contributed by atoms with Crippen LogP contribution >= 0.6 is 0 Å². The lowest BCUT2D eigenvalue weighted by Gasteiger charge is -2.07. The van der Waals surface area contributed by atoms with E-state index in [1.54, 1.807) is 0 Å². The highest BCUT2D eigenvalue weighted by atomic mass is 19.4. The van der Waals surface area contributed by atoms with Crippen LogP contribution in [0.15, 0.2) is 35.7 Å². The number of alkyl halides is 3. The Labute approximate surface area is 77.4 Å². The van der Waals surface area contributed by atoms with Gasteiger partial charge >= 0.3 is 6.18 Å². The van der Waals surface area contributed by atoms with Crippen molar-refractivity contribution in [3.63, 3.8) is 0 Å². The van der Waals surface area contributed by atoms with Crippen molar-refractivity contribution in [2.45, 2.75) is 6.18 Å². The first-order chi connectivity index (χ1) is 6.43. The molecule has 0 spiro atoms. The maximum Gasteiger partial charge on any atom is 0.416 e. The highest BCUT2D eigenvalue weighted by Gasteiger charge is 2.32. The molecular formula is C9H6F4O. The molecule has 0 bridgehead atoms. The Morgan fingerprint density at radius 1 is 1.21 bits per heavy atom. The van der Waals surface area contributed by atoms with Crippen LogP contribution in [0.4, 0.5) is 17.6 Å². The summed E-state index contributed by atoms with van der Waals surface area (Å²) in [7, 11) is 0. The molecule has 1 rings (SSSR count). The first-order valence-corrected chi connectivity index (χ1v) is 3.73. The van der Waals surface area contributed by atoms with Gasteiger partial charge in [0.1, 0.15) is 12.1 Å². The van der Waals surface area contributed by atoms with Gasteiger partial charge in [-0.05, 0) is 18.2 Å². The molecule has 0 saturated heterocycles. The lowest BCUT2D eigenvalue weighted by Crippen LogP contribution is -2.11. The standard InChI is InChI=1S/C9H6F4O/c10-8-2-1-7(9(11,12)13)3-6(4-8)5-14/h1-6H. The van der Waals surface area contributed by atoms with Gasteiger partial charge in [-0.3, -0.25) is 0 Å². The number of rotatable bonds is 1. The molecule has 1 atom stereocenters. The van der Waals surface area contributed by atoms with Crippen molar-refractivity contribution < 1.29 is 22.4 Å². The normalized spacial score (nSPS) is 22.4. The van der Waals surface area contributed by atoms with Gasteiger partial charge in [-0.2, -0.15) is 13.2 Å². The molecule has 0 aliphatic heterocycles. The second-order valence-electron chi connectivity index (χ2n) is 2.72. The van der Waals surface area contributed by atoms with Crippen molar-refractivity contribution >= 4 is 6.29 Å². The molecule has 0 N–H and O–H groups in total.